The van der Waals surface area contributed by atoms with Gasteiger partial charge in [-0.2, -0.15) is 0 Å². The second-order valence-corrected chi connectivity index (χ2v) is 11.4. The van der Waals surface area contributed by atoms with E-state index in [1.165, 1.54) is 36.4 Å². The molecule has 3 amide bonds. The van der Waals surface area contributed by atoms with Gasteiger partial charge in [0.2, 0.25) is 17.7 Å². The van der Waals surface area contributed by atoms with Gasteiger partial charge in [-0.15, -0.1) is 0 Å². The van der Waals surface area contributed by atoms with E-state index >= 15 is 0 Å². The van der Waals surface area contributed by atoms with Crippen LogP contribution in [-0.2, 0) is 43.2 Å². The van der Waals surface area contributed by atoms with Crippen molar-refractivity contribution in [3.8, 4) is 11.5 Å². The van der Waals surface area contributed by atoms with Crippen molar-refractivity contribution in [3.63, 3.8) is 0 Å². The predicted octanol–water partition coefficient (Wildman–Crippen LogP) is 1.34. The first-order valence-electron chi connectivity index (χ1n) is 15.1. The number of hydrogen-bond donors (Lipinski definition) is 9. The van der Waals surface area contributed by atoms with Gasteiger partial charge < -0.3 is 47.1 Å². The number of carboxylic acids is 2. The molecule has 14 nitrogen and oxygen atoms in total. The number of nitrogens with one attached hydrogen (secondary N) is 4. The maximum absolute atomic E-state index is 13.7. The molecule has 0 radical (unpaired) electrons. The first kappa shape index (κ1) is 35.0. The van der Waals surface area contributed by atoms with E-state index in [-0.39, 0.29) is 37.2 Å². The van der Waals surface area contributed by atoms with Gasteiger partial charge in [0.05, 0.1) is 6.04 Å². The number of rotatable bonds is 16. The number of phenolic OH excluding ortho intramolecular Hbond substituents is 2. The van der Waals surface area contributed by atoms with E-state index in [4.69, 9.17) is 5.73 Å². The lowest BCUT2D eigenvalue weighted by molar-refractivity contribution is -0.143. The highest BCUT2D eigenvalue weighted by Crippen LogP contribution is 2.19. The number of carbonyl (C=O) groups is 5. The summed E-state index contributed by atoms with van der Waals surface area (Å²) in [5.74, 6) is -5.03. The second kappa shape index (κ2) is 16.1. The number of nitrogens with two attached hydrogens (primary N) is 1. The summed E-state index contributed by atoms with van der Waals surface area (Å²) >= 11 is 0. The number of benzene rings is 3. The van der Waals surface area contributed by atoms with E-state index in [2.05, 4.69) is 20.9 Å². The molecular weight excluding hydrogens is 622 g/mol. The molecule has 0 aliphatic carbocycles. The van der Waals surface area contributed by atoms with E-state index in [1.54, 1.807) is 30.5 Å². The van der Waals surface area contributed by atoms with Crippen molar-refractivity contribution >= 4 is 40.6 Å². The van der Waals surface area contributed by atoms with Crippen molar-refractivity contribution in [1.82, 2.24) is 20.9 Å². The molecule has 4 aromatic rings. The lowest BCUT2D eigenvalue weighted by Crippen LogP contribution is -2.58. The Morgan fingerprint density at radius 2 is 1.21 bits per heavy atom. The first-order valence-corrected chi connectivity index (χ1v) is 15.1. The Kier molecular flexibility index (Phi) is 11.7. The summed E-state index contributed by atoms with van der Waals surface area (Å²) in [6.45, 7) is 0. The van der Waals surface area contributed by atoms with Crippen LogP contribution in [0.15, 0.2) is 79.0 Å². The quantitative estimate of drug-likeness (QED) is 0.0835. The van der Waals surface area contributed by atoms with Crippen LogP contribution in [-0.4, -0.2) is 79.2 Å². The van der Waals surface area contributed by atoms with Gasteiger partial charge in [0.15, 0.2) is 0 Å². The Labute approximate surface area is 275 Å². The molecule has 252 valence electrons. The fraction of sp³-hybridized carbons (Fsp3) is 0.265. The molecule has 4 unspecified atom stereocenters. The van der Waals surface area contributed by atoms with Gasteiger partial charge in [-0.3, -0.25) is 19.2 Å². The third kappa shape index (κ3) is 9.80. The Morgan fingerprint density at radius 3 is 1.81 bits per heavy atom. The van der Waals surface area contributed by atoms with E-state index in [1.807, 2.05) is 12.1 Å². The molecule has 4 rings (SSSR count). The molecule has 0 aliphatic heterocycles. The SMILES string of the molecule is NC(Cc1ccc(O)cc1)C(=O)NC(Cc1ccc(O)cc1)C(=O)NC(CCC(=O)O)C(=O)NC(Cc1c[nH]c2ccccc12)C(=O)O. The molecule has 4 atom stereocenters. The summed E-state index contributed by atoms with van der Waals surface area (Å²) in [6.07, 6.45) is 0.645. The number of aliphatic carboxylic acids is 2. The summed E-state index contributed by atoms with van der Waals surface area (Å²) in [5.41, 5.74) is 8.72. The monoisotopic (exact) mass is 659 g/mol. The third-order valence-electron chi connectivity index (χ3n) is 7.73. The van der Waals surface area contributed by atoms with Crippen molar-refractivity contribution in [2.75, 3.05) is 0 Å². The third-order valence-corrected chi connectivity index (χ3v) is 7.73. The van der Waals surface area contributed by atoms with Gasteiger partial charge in [-0.1, -0.05) is 42.5 Å². The van der Waals surface area contributed by atoms with Crippen LogP contribution in [0, 0.1) is 0 Å². The highest BCUT2D eigenvalue weighted by Gasteiger charge is 2.31. The lowest BCUT2D eigenvalue weighted by atomic mass is 10.0. The number of carboxylic acid groups (broad SMARTS) is 2. The normalized spacial score (nSPS) is 13.5. The number of aromatic amines is 1. The number of amides is 3. The minimum atomic E-state index is -1.47. The van der Waals surface area contributed by atoms with Crippen LogP contribution in [0.5, 0.6) is 11.5 Å². The van der Waals surface area contributed by atoms with Crippen molar-refractivity contribution in [3.05, 3.63) is 95.7 Å². The summed E-state index contributed by atoms with van der Waals surface area (Å²) < 4.78 is 0. The van der Waals surface area contributed by atoms with Gasteiger partial charge in [-0.05, 0) is 59.9 Å². The number of aromatic hydroxyl groups is 2. The topological polar surface area (TPSA) is 244 Å². The number of H-pyrrole nitrogens is 1. The van der Waals surface area contributed by atoms with Crippen LogP contribution in [0.2, 0.25) is 0 Å². The molecule has 1 aromatic heterocycles. The van der Waals surface area contributed by atoms with Gasteiger partial charge in [0.1, 0.15) is 29.6 Å². The second-order valence-electron chi connectivity index (χ2n) is 11.4. The molecule has 0 bridgehead atoms. The zero-order valence-corrected chi connectivity index (χ0v) is 25.8. The van der Waals surface area contributed by atoms with Crippen LogP contribution >= 0.6 is 0 Å². The van der Waals surface area contributed by atoms with Gasteiger partial charge in [-0.25, -0.2) is 4.79 Å². The lowest BCUT2D eigenvalue weighted by Gasteiger charge is -2.25. The molecule has 0 saturated carbocycles. The van der Waals surface area contributed by atoms with Crippen molar-refractivity contribution in [2.45, 2.75) is 56.3 Å². The predicted molar refractivity (Wildman–Crippen MR) is 174 cm³/mol. The number of hydrogen-bond acceptors (Lipinski definition) is 8. The first-order chi connectivity index (χ1) is 22.9. The van der Waals surface area contributed by atoms with Crippen LogP contribution in [0.3, 0.4) is 0 Å². The number of phenols is 2. The maximum Gasteiger partial charge on any atom is 0.326 e. The van der Waals surface area contributed by atoms with Crippen molar-refractivity contribution in [2.24, 2.45) is 5.73 Å². The number of para-hydroxylation sites is 1. The van der Waals surface area contributed by atoms with Crippen molar-refractivity contribution in [1.29, 1.82) is 0 Å². The molecule has 0 aliphatic rings. The summed E-state index contributed by atoms with van der Waals surface area (Å²) in [4.78, 5) is 66.9. The zero-order chi connectivity index (χ0) is 34.8. The zero-order valence-electron chi connectivity index (χ0n) is 25.8. The van der Waals surface area contributed by atoms with Crippen LogP contribution in [0.1, 0.15) is 29.5 Å². The van der Waals surface area contributed by atoms with Crippen LogP contribution in [0.4, 0.5) is 0 Å². The van der Waals surface area contributed by atoms with E-state index in [0.29, 0.717) is 16.7 Å². The fourth-order valence-corrected chi connectivity index (χ4v) is 5.14. The molecule has 3 aromatic carbocycles. The van der Waals surface area contributed by atoms with Gasteiger partial charge in [0.25, 0.3) is 0 Å². The molecule has 10 N–H and O–H groups in total. The molecule has 48 heavy (non-hydrogen) atoms. The fourth-order valence-electron chi connectivity index (χ4n) is 5.14. The Balaban J connectivity index is 1.51. The van der Waals surface area contributed by atoms with E-state index in [0.717, 1.165) is 10.9 Å². The molecule has 1 heterocycles. The molecular formula is C34H37N5O9. The van der Waals surface area contributed by atoms with Crippen molar-refractivity contribution < 1.29 is 44.4 Å². The summed E-state index contributed by atoms with van der Waals surface area (Å²) in [6, 6.07) is 13.9. The summed E-state index contributed by atoms with van der Waals surface area (Å²) in [7, 11) is 0. The molecule has 0 fully saturated rings. The van der Waals surface area contributed by atoms with E-state index < -0.39 is 60.2 Å². The minimum Gasteiger partial charge on any atom is -0.508 e. The minimum absolute atomic E-state index is 0.0225. The molecule has 14 heteroatoms. The Morgan fingerprint density at radius 1 is 0.667 bits per heavy atom. The Hall–Kier alpha value is -5.89. The molecule has 0 saturated heterocycles. The van der Waals surface area contributed by atoms with Gasteiger partial charge in [0, 0.05) is 36.4 Å². The Bertz CT molecular complexity index is 1750. The number of fused-ring (bicyclic) bond motifs is 1. The number of aromatic nitrogens is 1. The summed E-state index contributed by atoms with van der Waals surface area (Å²) in [5, 5.41) is 46.7. The average Bonchev–Trinajstić information content (AvgIpc) is 3.46. The smallest absolute Gasteiger partial charge is 0.326 e. The number of carbonyl (C=O) groups excluding carboxylic acids is 3. The largest absolute Gasteiger partial charge is 0.508 e. The standard InChI is InChI=1S/C34H37N5O9/c35-25(15-19-5-9-22(40)10-6-19)31(44)38-28(16-20-7-11-23(41)12-8-20)33(46)37-27(13-14-30(42)43)32(45)39-29(34(47)48)17-21-18-36-26-4-2-1-3-24(21)26/h1-12,18,25,27-29,36,40-41H,13-17,35H2,(H,37,46)(H,38,44)(H,39,45)(H,42,43)(H,47,48). The van der Waals surface area contributed by atoms with Crippen LogP contribution < -0.4 is 21.7 Å². The highest BCUT2D eigenvalue weighted by molar-refractivity contribution is 5.94. The highest BCUT2D eigenvalue weighted by atomic mass is 16.4. The maximum atomic E-state index is 13.7. The molecule has 0 spiro atoms. The van der Waals surface area contributed by atoms with Gasteiger partial charge >= 0.3 is 11.9 Å². The van der Waals surface area contributed by atoms with E-state index in [9.17, 15) is 44.4 Å². The van der Waals surface area contributed by atoms with Crippen LogP contribution in [0.25, 0.3) is 10.9 Å². The average molecular weight is 660 g/mol.